The topological polar surface area (TPSA) is 130 Å². The quantitative estimate of drug-likeness (QED) is 0.358. The van der Waals surface area contributed by atoms with Crippen LogP contribution in [0.2, 0.25) is 0 Å². The van der Waals surface area contributed by atoms with Crippen LogP contribution in [0.1, 0.15) is 67.5 Å². The summed E-state index contributed by atoms with van der Waals surface area (Å²) in [6, 6.07) is 5.49. The SMILES string of the molecule is CCc1nc2cc(C(C=NC)=CN)ccn2c1C(=O)Nc1cc(NC(=O)CCN2CCCC2(C)C)cnc1C. The average molecular weight is 531 g/mol. The number of imidazole rings is 1. The lowest BCUT2D eigenvalue weighted by Gasteiger charge is -2.31. The number of nitrogens with one attached hydrogen (secondary N) is 2. The normalized spacial score (nSPS) is 15.8. The Morgan fingerprint density at radius 1 is 1.26 bits per heavy atom. The van der Waals surface area contributed by atoms with Gasteiger partial charge in [-0.15, -0.1) is 0 Å². The maximum atomic E-state index is 13.5. The summed E-state index contributed by atoms with van der Waals surface area (Å²) in [5.41, 5.74) is 11.0. The summed E-state index contributed by atoms with van der Waals surface area (Å²) >= 11 is 0. The fourth-order valence-electron chi connectivity index (χ4n) is 5.06. The second kappa shape index (κ2) is 11.8. The average Bonchev–Trinajstić information content (AvgIpc) is 3.45. The van der Waals surface area contributed by atoms with Crippen molar-refractivity contribution in [2.75, 3.05) is 30.8 Å². The van der Waals surface area contributed by atoms with Crippen molar-refractivity contribution in [3.05, 3.63) is 59.4 Å². The summed E-state index contributed by atoms with van der Waals surface area (Å²) in [6.07, 6.45) is 9.87. The molecule has 0 bridgehead atoms. The molecule has 3 aromatic rings. The van der Waals surface area contributed by atoms with Gasteiger partial charge in [-0.05, 0) is 70.3 Å². The summed E-state index contributed by atoms with van der Waals surface area (Å²) in [5, 5.41) is 5.91. The molecule has 39 heavy (non-hydrogen) atoms. The Balaban J connectivity index is 1.51. The van der Waals surface area contributed by atoms with Crippen LogP contribution in [0, 0.1) is 6.92 Å². The molecule has 3 aromatic heterocycles. The summed E-state index contributed by atoms with van der Waals surface area (Å²) in [5.74, 6) is -0.382. The second-order valence-corrected chi connectivity index (χ2v) is 10.4. The first-order valence-corrected chi connectivity index (χ1v) is 13.3. The van der Waals surface area contributed by atoms with Crippen LogP contribution in [-0.4, -0.2) is 63.0 Å². The van der Waals surface area contributed by atoms with Crippen LogP contribution in [0.3, 0.4) is 0 Å². The number of rotatable bonds is 9. The molecule has 4 heterocycles. The van der Waals surface area contributed by atoms with E-state index in [2.05, 4.69) is 44.3 Å². The van der Waals surface area contributed by atoms with Gasteiger partial charge in [-0.2, -0.15) is 0 Å². The summed E-state index contributed by atoms with van der Waals surface area (Å²) in [6.45, 7) is 9.95. The van der Waals surface area contributed by atoms with E-state index >= 15 is 0 Å². The van der Waals surface area contributed by atoms with Gasteiger partial charge in [-0.3, -0.25) is 28.9 Å². The summed E-state index contributed by atoms with van der Waals surface area (Å²) in [4.78, 5) is 41.7. The molecule has 1 aliphatic rings. The molecule has 206 valence electrons. The number of nitrogens with two attached hydrogens (primary N) is 1. The predicted octanol–water partition coefficient (Wildman–Crippen LogP) is 4.06. The van der Waals surface area contributed by atoms with Crippen LogP contribution in [0.4, 0.5) is 11.4 Å². The number of hydrogen-bond donors (Lipinski definition) is 3. The molecule has 1 aliphatic heterocycles. The van der Waals surface area contributed by atoms with E-state index in [1.165, 1.54) is 6.20 Å². The molecule has 4 N–H and O–H groups in total. The largest absolute Gasteiger partial charge is 0.404 e. The van der Waals surface area contributed by atoms with E-state index in [9.17, 15) is 9.59 Å². The number of hydrogen-bond acceptors (Lipinski definition) is 7. The number of fused-ring (bicyclic) bond motifs is 1. The molecule has 1 saturated heterocycles. The molecular formula is C29H38N8O2. The molecular weight excluding hydrogens is 492 g/mol. The molecule has 0 saturated carbocycles. The fraction of sp³-hybridized carbons (Fsp3) is 0.414. The van der Waals surface area contributed by atoms with Crippen molar-refractivity contribution in [3.63, 3.8) is 0 Å². The third kappa shape index (κ3) is 6.17. The van der Waals surface area contributed by atoms with Crippen LogP contribution in [0.5, 0.6) is 0 Å². The van der Waals surface area contributed by atoms with Gasteiger partial charge in [0.05, 0.1) is 29.0 Å². The monoisotopic (exact) mass is 530 g/mol. The van der Waals surface area contributed by atoms with Gasteiger partial charge in [-0.25, -0.2) is 4.98 Å². The van der Waals surface area contributed by atoms with E-state index in [0.717, 1.165) is 30.5 Å². The Hall–Kier alpha value is -4.05. The molecule has 2 amide bonds. The first-order valence-electron chi connectivity index (χ1n) is 13.3. The highest BCUT2D eigenvalue weighted by Crippen LogP contribution is 2.28. The fourth-order valence-corrected chi connectivity index (χ4v) is 5.06. The predicted molar refractivity (Wildman–Crippen MR) is 156 cm³/mol. The third-order valence-corrected chi connectivity index (χ3v) is 7.33. The maximum absolute atomic E-state index is 13.5. The number of amides is 2. The van der Waals surface area contributed by atoms with Crippen molar-refractivity contribution in [1.29, 1.82) is 0 Å². The molecule has 4 rings (SSSR count). The van der Waals surface area contributed by atoms with Crippen molar-refractivity contribution in [2.45, 2.75) is 58.9 Å². The van der Waals surface area contributed by atoms with Crippen LogP contribution in [0.15, 0.2) is 41.8 Å². The first-order chi connectivity index (χ1) is 18.7. The maximum Gasteiger partial charge on any atom is 0.274 e. The molecule has 0 aromatic carbocycles. The Morgan fingerprint density at radius 2 is 2.05 bits per heavy atom. The van der Waals surface area contributed by atoms with Crippen molar-refractivity contribution in [2.24, 2.45) is 10.7 Å². The lowest BCUT2D eigenvalue weighted by molar-refractivity contribution is -0.116. The zero-order valence-electron chi connectivity index (χ0n) is 23.4. The highest BCUT2D eigenvalue weighted by molar-refractivity contribution is 6.10. The van der Waals surface area contributed by atoms with Gasteiger partial charge in [0.25, 0.3) is 5.91 Å². The Labute approximate surface area is 229 Å². The van der Waals surface area contributed by atoms with Gasteiger partial charge in [0.1, 0.15) is 11.3 Å². The molecule has 0 spiro atoms. The van der Waals surface area contributed by atoms with Gasteiger partial charge in [0.15, 0.2) is 0 Å². The molecule has 0 radical (unpaired) electrons. The summed E-state index contributed by atoms with van der Waals surface area (Å²) in [7, 11) is 1.68. The number of aromatic nitrogens is 3. The standard InChI is InChI=1S/C29H38N8O2/c1-6-23-27(37-13-8-20(14-25(37)34-23)21(16-30)17-31-5)28(39)35-24-15-22(18-32-19(24)2)33-26(38)9-12-36-11-7-10-29(36,3)4/h8,13-18H,6-7,9-12,30H2,1-5H3,(H,33,38)(H,35,39). The number of anilines is 2. The smallest absolute Gasteiger partial charge is 0.274 e. The number of pyridine rings is 2. The van der Waals surface area contributed by atoms with Crippen molar-refractivity contribution in [3.8, 4) is 0 Å². The molecule has 10 heteroatoms. The van der Waals surface area contributed by atoms with Gasteiger partial charge >= 0.3 is 0 Å². The number of carbonyl (C=O) groups excluding carboxylic acids is 2. The van der Waals surface area contributed by atoms with Gasteiger partial charge < -0.3 is 16.4 Å². The minimum Gasteiger partial charge on any atom is -0.404 e. The Kier molecular flexibility index (Phi) is 8.44. The highest BCUT2D eigenvalue weighted by Gasteiger charge is 2.31. The van der Waals surface area contributed by atoms with Gasteiger partial charge in [0.2, 0.25) is 5.91 Å². The van der Waals surface area contributed by atoms with E-state index in [0.29, 0.717) is 53.5 Å². The minimum atomic E-state index is -0.304. The Morgan fingerprint density at radius 3 is 2.72 bits per heavy atom. The lowest BCUT2D eigenvalue weighted by atomic mass is 10.0. The van der Waals surface area contributed by atoms with Crippen LogP contribution >= 0.6 is 0 Å². The highest BCUT2D eigenvalue weighted by atomic mass is 16.2. The van der Waals surface area contributed by atoms with E-state index in [1.807, 2.05) is 32.2 Å². The number of aryl methyl sites for hydroxylation is 2. The molecule has 10 nitrogen and oxygen atoms in total. The molecule has 1 fully saturated rings. The lowest BCUT2D eigenvalue weighted by Crippen LogP contribution is -2.39. The minimum absolute atomic E-state index is 0.0782. The molecule has 0 atom stereocenters. The van der Waals surface area contributed by atoms with E-state index in [1.54, 1.807) is 29.9 Å². The van der Waals surface area contributed by atoms with Crippen LogP contribution < -0.4 is 16.4 Å². The Bertz CT molecular complexity index is 1440. The van der Waals surface area contributed by atoms with E-state index < -0.39 is 0 Å². The number of nitrogens with zero attached hydrogens (tertiary/aromatic N) is 5. The number of likely N-dealkylation sites (tertiary alicyclic amines) is 1. The summed E-state index contributed by atoms with van der Waals surface area (Å²) < 4.78 is 1.77. The number of carbonyl (C=O) groups is 2. The van der Waals surface area contributed by atoms with Gasteiger partial charge in [-0.1, -0.05) is 6.92 Å². The second-order valence-electron chi connectivity index (χ2n) is 10.4. The zero-order valence-corrected chi connectivity index (χ0v) is 23.4. The van der Waals surface area contributed by atoms with Crippen molar-refractivity contribution >= 4 is 40.6 Å². The van der Waals surface area contributed by atoms with Gasteiger partial charge in [0, 0.05) is 49.7 Å². The molecule has 0 aliphatic carbocycles. The third-order valence-electron chi connectivity index (χ3n) is 7.33. The van der Waals surface area contributed by atoms with Crippen molar-refractivity contribution in [1.82, 2.24) is 19.3 Å². The van der Waals surface area contributed by atoms with Crippen LogP contribution in [0.25, 0.3) is 11.2 Å². The first kappa shape index (κ1) is 28.0. The van der Waals surface area contributed by atoms with E-state index in [-0.39, 0.29) is 17.4 Å². The molecule has 0 unspecified atom stereocenters. The number of allylic oxidation sites excluding steroid dienone is 1. The van der Waals surface area contributed by atoms with E-state index in [4.69, 9.17) is 5.73 Å². The zero-order chi connectivity index (χ0) is 28.2. The van der Waals surface area contributed by atoms with Crippen molar-refractivity contribution < 1.29 is 9.59 Å². The number of aliphatic imine (C=N–C) groups is 1. The van der Waals surface area contributed by atoms with Crippen LogP contribution in [-0.2, 0) is 11.2 Å².